The van der Waals surface area contributed by atoms with Crippen molar-refractivity contribution in [1.29, 1.82) is 0 Å². The molecule has 0 bridgehead atoms. The normalized spacial score (nSPS) is 14.1. The van der Waals surface area contributed by atoms with Gasteiger partial charge in [0.25, 0.3) is 0 Å². The van der Waals surface area contributed by atoms with Crippen molar-refractivity contribution in [3.8, 4) is 0 Å². The van der Waals surface area contributed by atoms with Crippen LogP contribution in [0.2, 0.25) is 0 Å². The molecule has 11 nitrogen and oxygen atoms in total. The lowest BCUT2D eigenvalue weighted by molar-refractivity contribution is -0.161. The van der Waals surface area contributed by atoms with Gasteiger partial charge in [-0.05, 0) is 109 Å². The summed E-state index contributed by atoms with van der Waals surface area (Å²) in [5.74, 6) is -1.52. The maximum atomic E-state index is 12.9. The predicted molar refractivity (Wildman–Crippen MR) is 288 cm³/mol. The summed E-state index contributed by atoms with van der Waals surface area (Å²) < 4.78 is 39.4. The van der Waals surface area contributed by atoms with E-state index in [4.69, 9.17) is 23.3 Å². The summed E-state index contributed by atoms with van der Waals surface area (Å²) in [6, 6.07) is 0. The van der Waals surface area contributed by atoms with E-state index in [-0.39, 0.29) is 25.9 Å². The van der Waals surface area contributed by atoms with Crippen LogP contribution in [0.4, 0.5) is 0 Å². The van der Waals surface area contributed by atoms with E-state index >= 15 is 0 Å². The summed E-state index contributed by atoms with van der Waals surface area (Å²) in [5, 5.41) is 9.78. The van der Waals surface area contributed by atoms with Gasteiger partial charge in [-0.1, -0.05) is 183 Å². The van der Waals surface area contributed by atoms with E-state index < -0.39 is 57.8 Å². The number of hydrogen-bond donors (Lipinski definition) is 2. The molecule has 3 unspecified atom stereocenters. The van der Waals surface area contributed by atoms with Crippen molar-refractivity contribution in [3.05, 3.63) is 85.1 Å². The monoisotopic (exact) mass is 1000 g/mol. The number of allylic oxidation sites excluding steroid dienone is 14. The highest BCUT2D eigenvalue weighted by atomic mass is 31.2. The number of aliphatic hydroxyl groups is 1. The minimum absolute atomic E-state index is 0.138. The van der Waals surface area contributed by atoms with Crippen LogP contribution in [0.1, 0.15) is 226 Å². The van der Waals surface area contributed by atoms with Crippen LogP contribution in [0.25, 0.3) is 0 Å². The van der Waals surface area contributed by atoms with Gasteiger partial charge in [0.1, 0.15) is 12.7 Å². The first kappa shape index (κ1) is 66.7. The average molecular weight is 1000 g/mol. The first-order valence-electron chi connectivity index (χ1n) is 27.5. The molecule has 0 aliphatic heterocycles. The van der Waals surface area contributed by atoms with Gasteiger partial charge in [0.2, 0.25) is 0 Å². The number of esters is 3. The van der Waals surface area contributed by atoms with Crippen LogP contribution in [0, 0.1) is 0 Å². The summed E-state index contributed by atoms with van der Waals surface area (Å²) in [6.45, 7) is 4.34. The molecule has 12 heteroatoms. The molecule has 0 saturated heterocycles. The molecule has 0 aliphatic rings. The van der Waals surface area contributed by atoms with Crippen molar-refractivity contribution in [1.82, 2.24) is 0 Å². The second-order valence-corrected chi connectivity index (χ2v) is 19.4. The predicted octanol–water partition coefficient (Wildman–Crippen LogP) is 15.9. The van der Waals surface area contributed by atoms with E-state index in [0.29, 0.717) is 19.3 Å². The highest BCUT2D eigenvalue weighted by Gasteiger charge is 2.28. The van der Waals surface area contributed by atoms with Crippen LogP contribution in [-0.4, -0.2) is 66.5 Å². The van der Waals surface area contributed by atoms with Crippen molar-refractivity contribution in [3.63, 3.8) is 0 Å². The topological polar surface area (TPSA) is 155 Å². The second kappa shape index (κ2) is 52.0. The lowest BCUT2D eigenvalue weighted by Gasteiger charge is -2.21. The molecule has 3 atom stereocenters. The maximum Gasteiger partial charge on any atom is 0.472 e. The number of aliphatic hydroxyl groups excluding tert-OH is 1. The molecule has 0 amide bonds. The summed E-state index contributed by atoms with van der Waals surface area (Å²) in [4.78, 5) is 48.4. The Balaban J connectivity index is 4.79. The highest BCUT2D eigenvalue weighted by Crippen LogP contribution is 2.43. The summed E-state index contributed by atoms with van der Waals surface area (Å²) in [7, 11) is -4.76. The fourth-order valence-corrected chi connectivity index (χ4v) is 7.93. The fraction of sp³-hybridized carbons (Fsp3) is 0.707. The van der Waals surface area contributed by atoms with Crippen LogP contribution in [0.15, 0.2) is 85.1 Å². The first-order valence-corrected chi connectivity index (χ1v) is 29.0. The number of ether oxygens (including phenoxy) is 3. The molecule has 70 heavy (non-hydrogen) atoms. The number of phosphoric acid groups is 1. The van der Waals surface area contributed by atoms with Crippen molar-refractivity contribution < 1.29 is 52.2 Å². The average Bonchev–Trinajstić information content (AvgIpc) is 3.35. The zero-order valence-corrected chi connectivity index (χ0v) is 45.1. The summed E-state index contributed by atoms with van der Waals surface area (Å²) in [5.41, 5.74) is 0. The van der Waals surface area contributed by atoms with Crippen molar-refractivity contribution in [2.24, 2.45) is 0 Å². The fourth-order valence-electron chi connectivity index (χ4n) is 7.14. The van der Waals surface area contributed by atoms with E-state index in [1.165, 1.54) is 32.1 Å². The largest absolute Gasteiger partial charge is 0.472 e. The quantitative estimate of drug-likeness (QED) is 0.0197. The van der Waals surface area contributed by atoms with Crippen LogP contribution in [0.5, 0.6) is 0 Å². The Morgan fingerprint density at radius 3 is 1.17 bits per heavy atom. The summed E-state index contributed by atoms with van der Waals surface area (Å²) in [6.07, 6.45) is 58.3. The molecule has 0 saturated carbocycles. The van der Waals surface area contributed by atoms with Gasteiger partial charge in [0.05, 0.1) is 19.8 Å². The smallest absolute Gasteiger partial charge is 0.462 e. The SMILES string of the molecule is CC/C=C\C/C=C\C/C=C\CCCCCCCCCC(=O)OC(COC(=O)CCCCCCC/C=C\CCCCCC)COP(=O)(O)OCC(CO)OC(=O)CCCCC/C=C\C/C=C\C/C=C\CC. The number of rotatable bonds is 50. The third-order valence-corrected chi connectivity index (χ3v) is 12.2. The van der Waals surface area contributed by atoms with E-state index in [1.54, 1.807) is 0 Å². The second-order valence-electron chi connectivity index (χ2n) is 18.0. The minimum Gasteiger partial charge on any atom is -0.462 e. The van der Waals surface area contributed by atoms with Crippen LogP contribution in [-0.2, 0) is 42.2 Å². The third kappa shape index (κ3) is 49.6. The number of carbonyl (C=O) groups is 3. The molecule has 402 valence electrons. The Morgan fingerprint density at radius 2 is 0.743 bits per heavy atom. The molecule has 0 spiro atoms. The Labute approximate surface area is 426 Å². The third-order valence-electron chi connectivity index (χ3n) is 11.3. The van der Waals surface area contributed by atoms with Gasteiger partial charge < -0.3 is 24.2 Å². The highest BCUT2D eigenvalue weighted by molar-refractivity contribution is 7.47. The Kier molecular flexibility index (Phi) is 49.5. The zero-order valence-electron chi connectivity index (χ0n) is 44.2. The lowest BCUT2D eigenvalue weighted by atomic mass is 10.1. The molecule has 0 aliphatic carbocycles. The van der Waals surface area contributed by atoms with Crippen LogP contribution in [0.3, 0.4) is 0 Å². The van der Waals surface area contributed by atoms with Crippen LogP contribution >= 0.6 is 7.82 Å². The van der Waals surface area contributed by atoms with Crippen molar-refractivity contribution in [2.45, 2.75) is 238 Å². The van der Waals surface area contributed by atoms with Crippen molar-refractivity contribution in [2.75, 3.05) is 26.4 Å². The van der Waals surface area contributed by atoms with Gasteiger partial charge in [-0.15, -0.1) is 0 Å². The molecular weight excluding hydrogens is 904 g/mol. The maximum absolute atomic E-state index is 12.9. The van der Waals surface area contributed by atoms with E-state index in [0.717, 1.165) is 135 Å². The lowest BCUT2D eigenvalue weighted by Crippen LogP contribution is -2.30. The molecule has 0 aromatic rings. The van der Waals surface area contributed by atoms with Gasteiger partial charge in [-0.3, -0.25) is 23.4 Å². The molecule has 0 aromatic heterocycles. The van der Waals surface area contributed by atoms with Gasteiger partial charge >= 0.3 is 25.7 Å². The van der Waals surface area contributed by atoms with Gasteiger partial charge in [0, 0.05) is 19.3 Å². The number of phosphoric ester groups is 1. The number of carbonyl (C=O) groups excluding carboxylic acids is 3. The minimum atomic E-state index is -4.76. The first-order chi connectivity index (χ1) is 34.2. The Morgan fingerprint density at radius 1 is 0.414 bits per heavy atom. The van der Waals surface area contributed by atoms with Gasteiger partial charge in [-0.25, -0.2) is 4.57 Å². The summed E-state index contributed by atoms with van der Waals surface area (Å²) >= 11 is 0. The number of hydrogen-bond acceptors (Lipinski definition) is 10. The van der Waals surface area contributed by atoms with Gasteiger partial charge in [0.15, 0.2) is 6.10 Å². The molecule has 0 rings (SSSR count). The standard InChI is InChI=1S/C58H99O11P/c1-4-7-10-13-16-19-22-25-26-27-28-31-34-37-40-43-46-49-58(62)69-55(51-65-56(60)47-44-41-38-35-32-29-23-20-17-14-11-8-5-2)53-67-70(63,64)66-52-54(50-59)68-57(61)48-45-42-39-36-33-30-24-21-18-15-12-9-6-3/h7,9-10,12,16,18-21,23,25-26,30,33,54-55,59H,4-6,8,11,13-15,17,22,24,27-29,31-32,34-53H2,1-3H3,(H,63,64)/b10-7-,12-9-,19-16-,21-18-,23-20-,26-25-,33-30-. The Bertz CT molecular complexity index is 1500. The van der Waals surface area contributed by atoms with Crippen LogP contribution < -0.4 is 0 Å². The molecular formula is C58H99O11P. The molecule has 2 N–H and O–H groups in total. The molecule has 0 radical (unpaired) electrons. The van der Waals surface area contributed by atoms with E-state index in [1.807, 2.05) is 0 Å². The van der Waals surface area contributed by atoms with E-state index in [2.05, 4.69) is 106 Å². The zero-order chi connectivity index (χ0) is 51.3. The number of unbranched alkanes of at least 4 members (excludes halogenated alkanes) is 19. The molecule has 0 heterocycles. The van der Waals surface area contributed by atoms with Crippen molar-refractivity contribution >= 4 is 25.7 Å². The van der Waals surface area contributed by atoms with E-state index in [9.17, 15) is 28.9 Å². The molecule has 0 fully saturated rings. The Hall–Kier alpha value is -3.34. The molecule has 0 aromatic carbocycles. The van der Waals surface area contributed by atoms with Gasteiger partial charge in [-0.2, -0.15) is 0 Å².